The Labute approximate surface area is 101 Å². The van der Waals surface area contributed by atoms with Crippen LogP contribution in [0.1, 0.15) is 20.8 Å². The van der Waals surface area contributed by atoms with Gasteiger partial charge >= 0.3 is 0 Å². The van der Waals surface area contributed by atoms with Crippen LogP contribution in [0.2, 0.25) is 0 Å². The lowest BCUT2D eigenvalue weighted by molar-refractivity contribution is -0.118. The zero-order chi connectivity index (χ0) is 13.1. The van der Waals surface area contributed by atoms with E-state index in [4.69, 9.17) is 10.5 Å². The molecular formula is C11H20N4O2. The molecule has 0 aliphatic heterocycles. The highest BCUT2D eigenvalue weighted by Crippen LogP contribution is 2.15. The number of rotatable bonds is 4. The molecular weight excluding hydrogens is 220 g/mol. The Balaban J connectivity index is 2.64. The fourth-order valence-electron chi connectivity index (χ4n) is 1.24. The highest BCUT2D eigenvalue weighted by atomic mass is 16.5. The maximum Gasteiger partial charge on any atom is 0.243 e. The van der Waals surface area contributed by atoms with Crippen LogP contribution in [0.15, 0.2) is 12.4 Å². The van der Waals surface area contributed by atoms with E-state index in [2.05, 4.69) is 10.4 Å². The van der Waals surface area contributed by atoms with Crippen LogP contribution < -0.4 is 11.1 Å². The molecule has 17 heavy (non-hydrogen) atoms. The number of ether oxygens (including phenoxy) is 1. The number of methoxy groups -OCH3 is 1. The fourth-order valence-corrected chi connectivity index (χ4v) is 1.24. The molecule has 1 unspecified atom stereocenters. The molecule has 0 saturated heterocycles. The highest BCUT2D eigenvalue weighted by molar-refractivity contribution is 5.94. The molecule has 1 heterocycles. The summed E-state index contributed by atoms with van der Waals surface area (Å²) in [5.41, 5.74) is 6.13. The molecule has 3 N–H and O–H groups in total. The van der Waals surface area contributed by atoms with Crippen molar-refractivity contribution in [3.8, 4) is 0 Å². The van der Waals surface area contributed by atoms with Crippen molar-refractivity contribution < 1.29 is 9.53 Å². The molecule has 1 aromatic rings. The summed E-state index contributed by atoms with van der Waals surface area (Å²) in [6, 6.07) is -0.669. The van der Waals surface area contributed by atoms with Crippen LogP contribution in [-0.4, -0.2) is 35.4 Å². The minimum absolute atomic E-state index is 0.113. The second-order valence-electron chi connectivity index (χ2n) is 4.90. The fraction of sp³-hybridized carbons (Fsp3) is 0.636. The zero-order valence-electron chi connectivity index (χ0n) is 10.7. The first-order valence-corrected chi connectivity index (χ1v) is 5.45. The standard InChI is InChI=1S/C11H20N4O2/c1-11(2,3)15-6-8(5-13-15)14-10(16)9(12)7-17-4/h5-6,9H,7,12H2,1-4H3,(H,14,16). The van der Waals surface area contributed by atoms with Gasteiger partial charge in [0.25, 0.3) is 0 Å². The molecule has 0 spiro atoms. The van der Waals surface area contributed by atoms with Crippen molar-refractivity contribution in [3.05, 3.63) is 12.4 Å². The Hall–Kier alpha value is -1.40. The molecule has 6 nitrogen and oxygen atoms in total. The maximum absolute atomic E-state index is 11.6. The van der Waals surface area contributed by atoms with E-state index >= 15 is 0 Å². The number of hydrogen-bond donors (Lipinski definition) is 2. The van der Waals surface area contributed by atoms with E-state index in [1.54, 1.807) is 17.1 Å². The van der Waals surface area contributed by atoms with Crippen LogP contribution in [0, 0.1) is 0 Å². The molecule has 6 heteroatoms. The van der Waals surface area contributed by atoms with E-state index in [0.29, 0.717) is 5.69 Å². The number of nitrogens with zero attached hydrogens (tertiary/aromatic N) is 2. The van der Waals surface area contributed by atoms with Crippen molar-refractivity contribution in [3.63, 3.8) is 0 Å². The van der Waals surface area contributed by atoms with Gasteiger partial charge in [-0.1, -0.05) is 0 Å². The zero-order valence-corrected chi connectivity index (χ0v) is 10.7. The van der Waals surface area contributed by atoms with Gasteiger partial charge in [-0.2, -0.15) is 5.10 Å². The monoisotopic (exact) mass is 240 g/mol. The lowest BCUT2D eigenvalue weighted by Crippen LogP contribution is -2.39. The third-order valence-corrected chi connectivity index (χ3v) is 2.22. The van der Waals surface area contributed by atoms with Gasteiger partial charge in [-0.15, -0.1) is 0 Å². The third kappa shape index (κ3) is 3.83. The molecule has 1 rings (SSSR count). The van der Waals surface area contributed by atoms with Gasteiger partial charge < -0.3 is 15.8 Å². The number of carbonyl (C=O) groups excluding carboxylic acids is 1. The number of nitrogens with two attached hydrogens (primary N) is 1. The van der Waals surface area contributed by atoms with E-state index in [-0.39, 0.29) is 18.1 Å². The SMILES string of the molecule is COCC(N)C(=O)Nc1cnn(C(C)(C)C)c1. The lowest BCUT2D eigenvalue weighted by atomic mass is 10.1. The summed E-state index contributed by atoms with van der Waals surface area (Å²) in [6.45, 7) is 6.28. The van der Waals surface area contributed by atoms with Gasteiger partial charge in [0, 0.05) is 13.3 Å². The summed E-state index contributed by atoms with van der Waals surface area (Å²) in [5.74, 6) is -0.277. The number of anilines is 1. The van der Waals surface area contributed by atoms with E-state index < -0.39 is 6.04 Å². The van der Waals surface area contributed by atoms with Crippen molar-refractivity contribution in [1.29, 1.82) is 0 Å². The summed E-state index contributed by atoms with van der Waals surface area (Å²) in [7, 11) is 1.50. The highest BCUT2D eigenvalue weighted by Gasteiger charge is 2.17. The van der Waals surface area contributed by atoms with E-state index in [9.17, 15) is 4.79 Å². The van der Waals surface area contributed by atoms with Gasteiger partial charge in [-0.05, 0) is 20.8 Å². The van der Waals surface area contributed by atoms with Crippen molar-refractivity contribution in [2.75, 3.05) is 19.0 Å². The maximum atomic E-state index is 11.6. The van der Waals surface area contributed by atoms with Crippen molar-refractivity contribution >= 4 is 11.6 Å². The molecule has 0 aliphatic rings. The first-order chi connectivity index (χ1) is 7.84. The average molecular weight is 240 g/mol. The minimum atomic E-state index is -0.669. The molecule has 0 aromatic carbocycles. The van der Waals surface area contributed by atoms with Gasteiger partial charge in [-0.25, -0.2) is 0 Å². The molecule has 1 atom stereocenters. The van der Waals surface area contributed by atoms with Crippen LogP contribution in [0.3, 0.4) is 0 Å². The van der Waals surface area contributed by atoms with E-state index in [1.807, 2.05) is 20.8 Å². The largest absolute Gasteiger partial charge is 0.383 e. The number of amides is 1. The van der Waals surface area contributed by atoms with Crippen LogP contribution in [-0.2, 0) is 15.1 Å². The van der Waals surface area contributed by atoms with Crippen molar-refractivity contribution in [2.24, 2.45) is 5.73 Å². The number of carbonyl (C=O) groups is 1. The molecule has 0 aliphatic carbocycles. The Morgan fingerprint density at radius 1 is 1.65 bits per heavy atom. The predicted octanol–water partition coefficient (Wildman–Crippen LogP) is 0.550. The van der Waals surface area contributed by atoms with Crippen LogP contribution in [0.5, 0.6) is 0 Å². The smallest absolute Gasteiger partial charge is 0.243 e. The summed E-state index contributed by atoms with van der Waals surface area (Å²) in [6.07, 6.45) is 3.38. The van der Waals surface area contributed by atoms with Crippen LogP contribution >= 0.6 is 0 Å². The van der Waals surface area contributed by atoms with Crippen molar-refractivity contribution in [2.45, 2.75) is 32.4 Å². The van der Waals surface area contributed by atoms with Gasteiger partial charge in [0.2, 0.25) is 5.91 Å². The first-order valence-electron chi connectivity index (χ1n) is 5.45. The Morgan fingerprint density at radius 2 is 2.29 bits per heavy atom. The quantitative estimate of drug-likeness (QED) is 0.805. The lowest BCUT2D eigenvalue weighted by Gasteiger charge is -2.18. The molecule has 0 saturated carbocycles. The molecule has 0 bridgehead atoms. The molecule has 0 fully saturated rings. The normalized spacial score (nSPS) is 13.5. The van der Waals surface area contributed by atoms with Crippen LogP contribution in [0.4, 0.5) is 5.69 Å². The average Bonchev–Trinajstić information content (AvgIpc) is 2.66. The predicted molar refractivity (Wildman–Crippen MR) is 65.7 cm³/mol. The van der Waals surface area contributed by atoms with Gasteiger partial charge in [0.05, 0.1) is 24.0 Å². The molecule has 1 aromatic heterocycles. The minimum Gasteiger partial charge on any atom is -0.383 e. The van der Waals surface area contributed by atoms with Gasteiger partial charge in [0.15, 0.2) is 0 Å². The van der Waals surface area contributed by atoms with Crippen LogP contribution in [0.25, 0.3) is 0 Å². The topological polar surface area (TPSA) is 82.2 Å². The Bertz CT molecular complexity index is 381. The number of nitrogens with one attached hydrogen (secondary N) is 1. The molecule has 96 valence electrons. The Morgan fingerprint density at radius 3 is 2.76 bits per heavy atom. The second kappa shape index (κ2) is 5.29. The second-order valence-corrected chi connectivity index (χ2v) is 4.90. The summed E-state index contributed by atoms with van der Waals surface area (Å²) < 4.78 is 6.60. The van der Waals surface area contributed by atoms with Gasteiger partial charge in [-0.3, -0.25) is 9.48 Å². The summed E-state index contributed by atoms with van der Waals surface area (Å²) in [4.78, 5) is 11.6. The summed E-state index contributed by atoms with van der Waals surface area (Å²) in [5, 5.41) is 6.87. The summed E-state index contributed by atoms with van der Waals surface area (Å²) >= 11 is 0. The molecule has 0 radical (unpaired) electrons. The number of hydrogen-bond acceptors (Lipinski definition) is 4. The number of aromatic nitrogens is 2. The van der Waals surface area contributed by atoms with E-state index in [1.165, 1.54) is 7.11 Å². The third-order valence-electron chi connectivity index (χ3n) is 2.22. The van der Waals surface area contributed by atoms with Gasteiger partial charge in [0.1, 0.15) is 6.04 Å². The Kier molecular flexibility index (Phi) is 4.25. The first kappa shape index (κ1) is 13.7. The van der Waals surface area contributed by atoms with Crippen molar-refractivity contribution in [1.82, 2.24) is 9.78 Å². The van der Waals surface area contributed by atoms with E-state index in [0.717, 1.165) is 0 Å². The molecule has 1 amide bonds.